The minimum Gasteiger partial charge on any atom is -0.322 e. The summed E-state index contributed by atoms with van der Waals surface area (Å²) in [6.45, 7) is 3.71. The molecule has 1 heterocycles. The smallest absolute Gasteiger partial charge is 0.259 e. The summed E-state index contributed by atoms with van der Waals surface area (Å²) in [6, 6.07) is 7.50. The first-order valence-corrected chi connectivity index (χ1v) is 6.53. The largest absolute Gasteiger partial charge is 0.322 e. The molecule has 0 atom stereocenters. The summed E-state index contributed by atoms with van der Waals surface area (Å²) in [5, 5.41) is 7.14. The Hall–Kier alpha value is -1.81. The van der Waals surface area contributed by atoms with Gasteiger partial charge >= 0.3 is 0 Å². The molecule has 0 unspecified atom stereocenters. The van der Waals surface area contributed by atoms with Gasteiger partial charge in [-0.05, 0) is 25.5 Å². The Bertz CT molecular complexity index is 619. The van der Waals surface area contributed by atoms with Gasteiger partial charge in [0, 0.05) is 24.3 Å². The Kier molecular flexibility index (Phi) is 3.90. The molecule has 100 valence electrons. The number of aromatic nitrogens is 2. The summed E-state index contributed by atoms with van der Waals surface area (Å²) in [6.07, 6.45) is 0. The number of benzene rings is 1. The molecule has 0 spiro atoms. The molecule has 1 aromatic carbocycles. The number of aryl methyl sites for hydroxylation is 2. The molecular formula is C14H16ClN3O. The maximum absolute atomic E-state index is 12.3. The van der Waals surface area contributed by atoms with Gasteiger partial charge in [0.05, 0.1) is 11.3 Å². The highest BCUT2D eigenvalue weighted by Crippen LogP contribution is 2.20. The predicted molar refractivity (Wildman–Crippen MR) is 76.6 cm³/mol. The van der Waals surface area contributed by atoms with Crippen LogP contribution in [0.1, 0.15) is 27.3 Å². The molecule has 4 nitrogen and oxygen atoms in total. The van der Waals surface area contributed by atoms with Gasteiger partial charge in [0.25, 0.3) is 5.91 Å². The van der Waals surface area contributed by atoms with E-state index in [4.69, 9.17) is 11.6 Å². The molecule has 0 aliphatic heterocycles. The van der Waals surface area contributed by atoms with Gasteiger partial charge in [-0.25, -0.2) is 0 Å². The van der Waals surface area contributed by atoms with E-state index in [0.29, 0.717) is 11.4 Å². The van der Waals surface area contributed by atoms with Crippen molar-refractivity contribution in [1.82, 2.24) is 9.78 Å². The zero-order valence-electron chi connectivity index (χ0n) is 11.2. The molecule has 1 N–H and O–H groups in total. The molecular weight excluding hydrogens is 262 g/mol. The summed E-state index contributed by atoms with van der Waals surface area (Å²) in [5.41, 5.74) is 3.83. The molecule has 0 aliphatic rings. The number of anilines is 1. The lowest BCUT2D eigenvalue weighted by Gasteiger charge is -2.09. The number of alkyl halides is 1. The average Bonchev–Trinajstić information content (AvgIpc) is 2.64. The van der Waals surface area contributed by atoms with Crippen LogP contribution in [0.2, 0.25) is 0 Å². The van der Waals surface area contributed by atoms with Crippen LogP contribution in [0.15, 0.2) is 24.3 Å². The van der Waals surface area contributed by atoms with Crippen LogP contribution in [-0.4, -0.2) is 15.7 Å². The van der Waals surface area contributed by atoms with Crippen molar-refractivity contribution in [2.45, 2.75) is 19.7 Å². The number of halogens is 1. The fourth-order valence-electron chi connectivity index (χ4n) is 2.05. The molecule has 2 aromatic rings. The normalized spacial score (nSPS) is 10.5. The topological polar surface area (TPSA) is 46.9 Å². The first-order valence-electron chi connectivity index (χ1n) is 6.00. The van der Waals surface area contributed by atoms with Crippen molar-refractivity contribution in [3.63, 3.8) is 0 Å². The summed E-state index contributed by atoms with van der Waals surface area (Å²) < 4.78 is 1.71. The first-order chi connectivity index (χ1) is 9.04. The highest BCUT2D eigenvalue weighted by Gasteiger charge is 2.18. The third-order valence-electron chi connectivity index (χ3n) is 3.15. The first kappa shape index (κ1) is 13.6. The Balaban J connectivity index is 2.31. The van der Waals surface area contributed by atoms with Gasteiger partial charge < -0.3 is 5.32 Å². The van der Waals surface area contributed by atoms with Gasteiger partial charge in [0.2, 0.25) is 0 Å². The second kappa shape index (κ2) is 5.45. The second-order valence-corrected chi connectivity index (χ2v) is 4.68. The quantitative estimate of drug-likeness (QED) is 0.877. The monoisotopic (exact) mass is 277 g/mol. The van der Waals surface area contributed by atoms with Crippen LogP contribution >= 0.6 is 11.6 Å². The molecule has 5 heteroatoms. The SMILES string of the molecule is Cc1nn(C)c(C)c1C(=O)Nc1ccccc1CCl. The maximum atomic E-state index is 12.3. The van der Waals surface area contributed by atoms with E-state index in [1.807, 2.05) is 45.2 Å². The van der Waals surface area contributed by atoms with E-state index in [1.54, 1.807) is 4.68 Å². The van der Waals surface area contributed by atoms with Gasteiger partial charge in [-0.1, -0.05) is 18.2 Å². The third-order valence-corrected chi connectivity index (χ3v) is 3.43. The number of rotatable bonds is 3. The van der Waals surface area contributed by atoms with Crippen molar-refractivity contribution in [3.05, 3.63) is 46.8 Å². The fraction of sp³-hybridized carbons (Fsp3) is 0.286. The lowest BCUT2D eigenvalue weighted by molar-refractivity contribution is 0.102. The van der Waals surface area contributed by atoms with Gasteiger partial charge in [-0.2, -0.15) is 5.10 Å². The Labute approximate surface area is 117 Å². The second-order valence-electron chi connectivity index (χ2n) is 4.41. The number of para-hydroxylation sites is 1. The summed E-state index contributed by atoms with van der Waals surface area (Å²) in [7, 11) is 1.83. The van der Waals surface area contributed by atoms with Crippen molar-refractivity contribution in [2.24, 2.45) is 7.05 Å². The van der Waals surface area contributed by atoms with Crippen LogP contribution in [0.25, 0.3) is 0 Å². The number of carbonyl (C=O) groups is 1. The van der Waals surface area contributed by atoms with Gasteiger partial charge in [-0.3, -0.25) is 9.48 Å². The van der Waals surface area contributed by atoms with Gasteiger partial charge in [-0.15, -0.1) is 11.6 Å². The van der Waals surface area contributed by atoms with E-state index in [-0.39, 0.29) is 5.91 Å². The van der Waals surface area contributed by atoms with E-state index in [0.717, 1.165) is 22.6 Å². The zero-order chi connectivity index (χ0) is 14.0. The van der Waals surface area contributed by atoms with E-state index in [1.165, 1.54) is 0 Å². The molecule has 0 radical (unpaired) electrons. The summed E-state index contributed by atoms with van der Waals surface area (Å²) in [4.78, 5) is 12.3. The Morgan fingerprint density at radius 1 is 1.37 bits per heavy atom. The molecule has 0 saturated carbocycles. The molecule has 0 fully saturated rings. The van der Waals surface area contributed by atoms with Crippen molar-refractivity contribution in [1.29, 1.82) is 0 Å². The van der Waals surface area contributed by atoms with Crippen molar-refractivity contribution >= 4 is 23.2 Å². The molecule has 2 rings (SSSR count). The molecule has 1 aromatic heterocycles. The van der Waals surface area contributed by atoms with Crippen LogP contribution in [0.5, 0.6) is 0 Å². The summed E-state index contributed by atoms with van der Waals surface area (Å²) >= 11 is 5.86. The van der Waals surface area contributed by atoms with Crippen LogP contribution in [0.3, 0.4) is 0 Å². The molecule has 0 saturated heterocycles. The minimum atomic E-state index is -0.152. The van der Waals surface area contributed by atoms with E-state index in [2.05, 4.69) is 10.4 Å². The summed E-state index contributed by atoms with van der Waals surface area (Å²) in [5.74, 6) is 0.210. The molecule has 0 aliphatic carbocycles. The Morgan fingerprint density at radius 2 is 2.05 bits per heavy atom. The lowest BCUT2D eigenvalue weighted by Crippen LogP contribution is -2.15. The number of nitrogens with one attached hydrogen (secondary N) is 1. The Morgan fingerprint density at radius 3 is 2.63 bits per heavy atom. The zero-order valence-corrected chi connectivity index (χ0v) is 12.0. The predicted octanol–water partition coefficient (Wildman–Crippen LogP) is 3.03. The van der Waals surface area contributed by atoms with Crippen molar-refractivity contribution in [2.75, 3.05) is 5.32 Å². The van der Waals surface area contributed by atoms with Crippen LogP contribution in [0, 0.1) is 13.8 Å². The average molecular weight is 278 g/mol. The highest BCUT2D eigenvalue weighted by atomic mass is 35.5. The standard InChI is InChI=1S/C14H16ClN3O/c1-9-13(10(2)18(3)17-9)14(19)16-12-7-5-4-6-11(12)8-15/h4-7H,8H2,1-3H3,(H,16,19). The van der Waals surface area contributed by atoms with Gasteiger partial charge in [0.1, 0.15) is 0 Å². The van der Waals surface area contributed by atoms with E-state index < -0.39 is 0 Å². The number of hydrogen-bond donors (Lipinski definition) is 1. The molecule has 19 heavy (non-hydrogen) atoms. The number of nitrogens with zero attached hydrogens (tertiary/aromatic N) is 2. The van der Waals surface area contributed by atoms with Crippen LogP contribution < -0.4 is 5.32 Å². The minimum absolute atomic E-state index is 0.152. The highest BCUT2D eigenvalue weighted by molar-refractivity contribution is 6.17. The van der Waals surface area contributed by atoms with E-state index in [9.17, 15) is 4.79 Å². The fourth-order valence-corrected chi connectivity index (χ4v) is 2.28. The van der Waals surface area contributed by atoms with Crippen molar-refractivity contribution in [3.8, 4) is 0 Å². The van der Waals surface area contributed by atoms with E-state index >= 15 is 0 Å². The number of hydrogen-bond acceptors (Lipinski definition) is 2. The lowest BCUT2D eigenvalue weighted by atomic mass is 10.1. The van der Waals surface area contributed by atoms with Crippen molar-refractivity contribution < 1.29 is 4.79 Å². The number of carbonyl (C=O) groups excluding carboxylic acids is 1. The molecule has 0 bridgehead atoms. The molecule has 1 amide bonds. The van der Waals surface area contributed by atoms with Gasteiger partial charge in [0.15, 0.2) is 0 Å². The number of amides is 1. The third kappa shape index (κ3) is 2.63. The maximum Gasteiger partial charge on any atom is 0.259 e. The van der Waals surface area contributed by atoms with Crippen LogP contribution in [0.4, 0.5) is 5.69 Å². The van der Waals surface area contributed by atoms with Crippen LogP contribution in [-0.2, 0) is 12.9 Å².